The SMILES string of the molecule is COc1nccnc1NC1CCC(Oc2nc(N3CCOCC3)cc3ncccc23)CC1. The van der Waals surface area contributed by atoms with Crippen LogP contribution in [0.2, 0.25) is 0 Å². The minimum absolute atomic E-state index is 0.118. The number of anilines is 2. The quantitative estimate of drug-likeness (QED) is 0.625. The summed E-state index contributed by atoms with van der Waals surface area (Å²) in [7, 11) is 1.61. The Bertz CT molecular complexity index is 1050. The van der Waals surface area contributed by atoms with Crippen molar-refractivity contribution in [2.75, 3.05) is 43.6 Å². The molecule has 2 fully saturated rings. The molecule has 1 saturated carbocycles. The van der Waals surface area contributed by atoms with E-state index in [0.29, 0.717) is 36.8 Å². The second-order valence-electron chi connectivity index (χ2n) is 8.11. The molecule has 3 aromatic heterocycles. The third-order valence-electron chi connectivity index (χ3n) is 6.04. The van der Waals surface area contributed by atoms with Crippen molar-refractivity contribution in [3.05, 3.63) is 36.8 Å². The van der Waals surface area contributed by atoms with E-state index in [0.717, 1.165) is 55.5 Å². The average Bonchev–Trinajstić information content (AvgIpc) is 2.86. The Hall–Kier alpha value is -3.20. The van der Waals surface area contributed by atoms with Crippen LogP contribution in [0.4, 0.5) is 11.6 Å². The Morgan fingerprint density at radius 3 is 2.62 bits per heavy atom. The number of fused-ring (bicyclic) bond motifs is 1. The van der Waals surface area contributed by atoms with Gasteiger partial charge in [-0.05, 0) is 37.8 Å². The molecule has 5 rings (SSSR count). The van der Waals surface area contributed by atoms with E-state index >= 15 is 0 Å². The van der Waals surface area contributed by atoms with Crippen molar-refractivity contribution in [2.24, 2.45) is 0 Å². The summed E-state index contributed by atoms with van der Waals surface area (Å²) < 4.78 is 17.2. The van der Waals surface area contributed by atoms with Crippen LogP contribution >= 0.6 is 0 Å². The molecule has 1 saturated heterocycles. The summed E-state index contributed by atoms with van der Waals surface area (Å²) in [4.78, 5) is 20.2. The van der Waals surface area contributed by atoms with Crippen molar-refractivity contribution in [3.8, 4) is 11.8 Å². The van der Waals surface area contributed by atoms with E-state index in [1.165, 1.54) is 0 Å². The zero-order chi connectivity index (χ0) is 21.8. The Morgan fingerprint density at radius 2 is 1.81 bits per heavy atom. The van der Waals surface area contributed by atoms with Crippen LogP contribution in [0.25, 0.3) is 10.9 Å². The van der Waals surface area contributed by atoms with Crippen molar-refractivity contribution in [1.82, 2.24) is 19.9 Å². The molecule has 4 heterocycles. The molecule has 0 radical (unpaired) electrons. The molecule has 3 aromatic rings. The molecule has 0 bridgehead atoms. The van der Waals surface area contributed by atoms with Crippen LogP contribution in [-0.4, -0.2) is 65.5 Å². The number of morpholine rings is 1. The fourth-order valence-corrected chi connectivity index (χ4v) is 4.33. The van der Waals surface area contributed by atoms with Gasteiger partial charge < -0.3 is 24.4 Å². The van der Waals surface area contributed by atoms with E-state index < -0.39 is 0 Å². The first-order valence-electron chi connectivity index (χ1n) is 11.2. The number of pyridine rings is 2. The number of ether oxygens (including phenoxy) is 3. The second kappa shape index (κ2) is 9.52. The van der Waals surface area contributed by atoms with E-state index in [2.05, 4.69) is 25.2 Å². The lowest BCUT2D eigenvalue weighted by Gasteiger charge is -2.31. The van der Waals surface area contributed by atoms with Crippen molar-refractivity contribution < 1.29 is 14.2 Å². The van der Waals surface area contributed by atoms with Crippen LogP contribution in [0.15, 0.2) is 36.8 Å². The Morgan fingerprint density at radius 1 is 1.00 bits per heavy atom. The summed E-state index contributed by atoms with van der Waals surface area (Å²) in [6.45, 7) is 3.08. The number of methoxy groups -OCH3 is 1. The van der Waals surface area contributed by atoms with Gasteiger partial charge in [0.25, 0.3) is 5.88 Å². The molecule has 1 N–H and O–H groups in total. The van der Waals surface area contributed by atoms with Gasteiger partial charge in [0.15, 0.2) is 5.82 Å². The number of aromatic nitrogens is 4. The third kappa shape index (κ3) is 4.52. The van der Waals surface area contributed by atoms with Gasteiger partial charge >= 0.3 is 0 Å². The molecular formula is C23H28N6O3. The van der Waals surface area contributed by atoms with Crippen LogP contribution in [0.5, 0.6) is 11.8 Å². The lowest BCUT2D eigenvalue weighted by molar-refractivity contribution is 0.122. The molecule has 1 aliphatic carbocycles. The van der Waals surface area contributed by atoms with Crippen LogP contribution in [0.1, 0.15) is 25.7 Å². The summed E-state index contributed by atoms with van der Waals surface area (Å²) in [5, 5.41) is 4.42. The zero-order valence-electron chi connectivity index (χ0n) is 18.2. The van der Waals surface area contributed by atoms with Crippen LogP contribution in [-0.2, 0) is 4.74 Å². The van der Waals surface area contributed by atoms with Gasteiger partial charge in [-0.2, -0.15) is 4.98 Å². The van der Waals surface area contributed by atoms with Gasteiger partial charge in [0.1, 0.15) is 11.9 Å². The largest absolute Gasteiger partial charge is 0.478 e. The maximum absolute atomic E-state index is 6.45. The van der Waals surface area contributed by atoms with E-state index in [-0.39, 0.29) is 6.10 Å². The van der Waals surface area contributed by atoms with Gasteiger partial charge in [-0.3, -0.25) is 4.98 Å². The van der Waals surface area contributed by atoms with Crippen molar-refractivity contribution in [2.45, 2.75) is 37.8 Å². The monoisotopic (exact) mass is 436 g/mol. The van der Waals surface area contributed by atoms with Crippen molar-refractivity contribution in [3.63, 3.8) is 0 Å². The molecule has 0 unspecified atom stereocenters. The van der Waals surface area contributed by atoms with E-state index in [9.17, 15) is 0 Å². The van der Waals surface area contributed by atoms with E-state index in [1.807, 2.05) is 24.4 Å². The molecule has 32 heavy (non-hydrogen) atoms. The molecule has 2 aliphatic rings. The topological polar surface area (TPSA) is 94.5 Å². The molecule has 168 valence electrons. The Kier molecular flexibility index (Phi) is 6.15. The highest BCUT2D eigenvalue weighted by molar-refractivity contribution is 5.85. The molecule has 0 atom stereocenters. The summed E-state index contributed by atoms with van der Waals surface area (Å²) in [5.74, 6) is 2.79. The van der Waals surface area contributed by atoms with Gasteiger partial charge in [-0.25, -0.2) is 9.97 Å². The van der Waals surface area contributed by atoms with Crippen LogP contribution in [0, 0.1) is 0 Å². The van der Waals surface area contributed by atoms with E-state index in [1.54, 1.807) is 19.5 Å². The maximum atomic E-state index is 6.45. The van der Waals surface area contributed by atoms with Gasteiger partial charge in [-0.15, -0.1) is 0 Å². The van der Waals surface area contributed by atoms with Crippen LogP contribution in [0.3, 0.4) is 0 Å². The van der Waals surface area contributed by atoms with Crippen LogP contribution < -0.4 is 19.7 Å². The number of nitrogens with zero attached hydrogens (tertiary/aromatic N) is 5. The second-order valence-corrected chi connectivity index (χ2v) is 8.11. The van der Waals surface area contributed by atoms with Gasteiger partial charge in [-0.1, -0.05) is 0 Å². The third-order valence-corrected chi connectivity index (χ3v) is 6.04. The normalized spacial score (nSPS) is 21.3. The molecule has 0 amide bonds. The fraction of sp³-hybridized carbons (Fsp3) is 0.478. The minimum Gasteiger partial charge on any atom is -0.478 e. The number of hydrogen-bond acceptors (Lipinski definition) is 9. The number of hydrogen-bond donors (Lipinski definition) is 1. The van der Waals surface area contributed by atoms with Gasteiger partial charge in [0.05, 0.1) is 31.2 Å². The highest BCUT2D eigenvalue weighted by Gasteiger charge is 2.25. The molecule has 9 heteroatoms. The van der Waals surface area contributed by atoms with Gasteiger partial charge in [0, 0.05) is 43.8 Å². The summed E-state index contributed by atoms with van der Waals surface area (Å²) in [6.07, 6.45) is 9.06. The summed E-state index contributed by atoms with van der Waals surface area (Å²) in [5.41, 5.74) is 0.907. The first-order chi connectivity index (χ1) is 15.8. The van der Waals surface area contributed by atoms with Gasteiger partial charge in [0.2, 0.25) is 5.88 Å². The molecule has 0 spiro atoms. The Labute approximate surface area is 187 Å². The maximum Gasteiger partial charge on any atom is 0.257 e. The minimum atomic E-state index is 0.118. The average molecular weight is 437 g/mol. The predicted molar refractivity (Wildman–Crippen MR) is 121 cm³/mol. The summed E-state index contributed by atoms with van der Waals surface area (Å²) >= 11 is 0. The fourth-order valence-electron chi connectivity index (χ4n) is 4.33. The lowest BCUT2D eigenvalue weighted by atomic mass is 9.93. The number of nitrogens with one attached hydrogen (secondary N) is 1. The highest BCUT2D eigenvalue weighted by Crippen LogP contribution is 2.32. The molecule has 9 nitrogen and oxygen atoms in total. The molecular weight excluding hydrogens is 408 g/mol. The summed E-state index contributed by atoms with van der Waals surface area (Å²) in [6, 6.07) is 6.32. The number of rotatable bonds is 6. The molecule has 1 aliphatic heterocycles. The smallest absolute Gasteiger partial charge is 0.257 e. The first-order valence-corrected chi connectivity index (χ1v) is 11.2. The van der Waals surface area contributed by atoms with E-state index in [4.69, 9.17) is 19.2 Å². The molecule has 0 aromatic carbocycles. The Balaban J connectivity index is 1.28. The standard InChI is InChI=1S/C23H28N6O3/c1-30-23-21(25-9-10-26-23)27-16-4-6-17(7-5-16)32-22-18-3-2-8-24-19(18)15-20(28-22)29-11-13-31-14-12-29/h2-3,8-10,15-17H,4-7,11-14H2,1H3,(H,25,27). The first kappa shape index (κ1) is 20.7. The highest BCUT2D eigenvalue weighted by atomic mass is 16.5. The lowest BCUT2D eigenvalue weighted by Crippen LogP contribution is -2.37. The van der Waals surface area contributed by atoms with Crippen molar-refractivity contribution >= 4 is 22.5 Å². The van der Waals surface area contributed by atoms with Crippen molar-refractivity contribution in [1.29, 1.82) is 0 Å². The zero-order valence-corrected chi connectivity index (χ0v) is 18.2. The predicted octanol–water partition coefficient (Wildman–Crippen LogP) is 3.07.